The van der Waals surface area contributed by atoms with Crippen molar-refractivity contribution in [3.8, 4) is 0 Å². The van der Waals surface area contributed by atoms with Crippen molar-refractivity contribution in [3.05, 3.63) is 30.1 Å². The maximum Gasteiger partial charge on any atom is 0.240 e. The molecule has 1 aromatic heterocycles. The van der Waals surface area contributed by atoms with Crippen molar-refractivity contribution in [1.29, 1.82) is 0 Å². The summed E-state index contributed by atoms with van der Waals surface area (Å²) in [6.45, 7) is 1.93. The van der Waals surface area contributed by atoms with Gasteiger partial charge in [-0.3, -0.25) is 9.78 Å². The van der Waals surface area contributed by atoms with Crippen LogP contribution >= 0.6 is 12.4 Å². The van der Waals surface area contributed by atoms with Crippen LogP contribution in [0.3, 0.4) is 0 Å². The Balaban J connectivity index is 0.00000128. The summed E-state index contributed by atoms with van der Waals surface area (Å²) in [5.41, 5.74) is 6.18. The topological polar surface area (TPSA) is 68.0 Å². The van der Waals surface area contributed by atoms with Gasteiger partial charge in [0, 0.05) is 12.4 Å². The summed E-state index contributed by atoms with van der Waals surface area (Å²) < 4.78 is 0. The second kappa shape index (κ2) is 4.80. The molecule has 2 rings (SSSR count). The Morgan fingerprint density at radius 3 is 2.81 bits per heavy atom. The van der Waals surface area contributed by atoms with E-state index in [1.54, 1.807) is 12.4 Å². The molecule has 1 atom stereocenters. The number of rotatable bonds is 3. The minimum atomic E-state index is -0.601. The number of pyridine rings is 1. The van der Waals surface area contributed by atoms with E-state index >= 15 is 0 Å². The lowest BCUT2D eigenvalue weighted by Crippen LogP contribution is -2.43. The second-order valence-electron chi connectivity index (χ2n) is 4.14. The van der Waals surface area contributed by atoms with Crippen molar-refractivity contribution >= 4 is 18.3 Å². The van der Waals surface area contributed by atoms with Crippen molar-refractivity contribution in [1.82, 2.24) is 10.3 Å². The van der Waals surface area contributed by atoms with Crippen LogP contribution in [0.4, 0.5) is 0 Å². The molecule has 1 unspecified atom stereocenters. The zero-order valence-corrected chi connectivity index (χ0v) is 9.96. The van der Waals surface area contributed by atoms with Crippen LogP contribution in [-0.2, 0) is 4.79 Å². The van der Waals surface area contributed by atoms with Crippen LogP contribution in [0, 0.1) is 0 Å². The molecule has 0 saturated heterocycles. The summed E-state index contributed by atoms with van der Waals surface area (Å²) in [6, 6.07) is 3.76. The molecule has 1 aromatic rings. The number of nitrogens with zero attached hydrogens (tertiary/aromatic N) is 1. The van der Waals surface area contributed by atoms with Gasteiger partial charge in [-0.25, -0.2) is 0 Å². The summed E-state index contributed by atoms with van der Waals surface area (Å²) in [5.74, 6) is -0.0566. The molecule has 1 aliphatic rings. The number of carbonyl (C=O) groups excluding carboxylic acids is 1. The van der Waals surface area contributed by atoms with Crippen molar-refractivity contribution in [3.63, 3.8) is 0 Å². The van der Waals surface area contributed by atoms with Gasteiger partial charge < -0.3 is 11.1 Å². The zero-order chi connectivity index (χ0) is 10.9. The average Bonchev–Trinajstić information content (AvgIpc) is 2.99. The number of hydrogen-bond acceptors (Lipinski definition) is 3. The van der Waals surface area contributed by atoms with Gasteiger partial charge in [-0.1, -0.05) is 6.07 Å². The second-order valence-corrected chi connectivity index (χ2v) is 4.14. The molecule has 0 spiro atoms. The van der Waals surface area contributed by atoms with Crippen LogP contribution in [0.1, 0.15) is 31.4 Å². The number of aromatic nitrogens is 1. The van der Waals surface area contributed by atoms with Crippen LogP contribution in [0.25, 0.3) is 0 Å². The minimum absolute atomic E-state index is 0. The summed E-state index contributed by atoms with van der Waals surface area (Å²) >= 11 is 0. The van der Waals surface area contributed by atoms with E-state index in [0.29, 0.717) is 0 Å². The SMILES string of the molecule is CC(NC(=O)C1(N)CC1)c1cccnc1.Cl. The van der Waals surface area contributed by atoms with E-state index in [4.69, 9.17) is 5.73 Å². The molecule has 3 N–H and O–H groups in total. The third-order valence-electron chi connectivity index (χ3n) is 2.77. The average molecular weight is 242 g/mol. The van der Waals surface area contributed by atoms with E-state index in [-0.39, 0.29) is 24.4 Å². The number of carbonyl (C=O) groups is 1. The van der Waals surface area contributed by atoms with Gasteiger partial charge in [0.1, 0.15) is 0 Å². The lowest BCUT2D eigenvalue weighted by atomic mass is 10.1. The van der Waals surface area contributed by atoms with Gasteiger partial charge in [-0.15, -0.1) is 12.4 Å². The Morgan fingerprint density at radius 2 is 2.31 bits per heavy atom. The quantitative estimate of drug-likeness (QED) is 0.835. The number of halogens is 1. The van der Waals surface area contributed by atoms with Crippen LogP contribution in [0.15, 0.2) is 24.5 Å². The lowest BCUT2D eigenvalue weighted by Gasteiger charge is -2.16. The summed E-state index contributed by atoms with van der Waals surface area (Å²) in [4.78, 5) is 15.7. The van der Waals surface area contributed by atoms with E-state index in [9.17, 15) is 4.79 Å². The molecule has 1 aliphatic carbocycles. The maximum absolute atomic E-state index is 11.7. The van der Waals surface area contributed by atoms with Crippen LogP contribution in [0.2, 0.25) is 0 Å². The molecule has 0 bridgehead atoms. The monoisotopic (exact) mass is 241 g/mol. The van der Waals surface area contributed by atoms with Gasteiger partial charge in [0.05, 0.1) is 11.6 Å². The molecule has 0 radical (unpaired) electrons. The van der Waals surface area contributed by atoms with Crippen LogP contribution < -0.4 is 11.1 Å². The largest absolute Gasteiger partial charge is 0.348 e. The Hall–Kier alpha value is -1.13. The van der Waals surface area contributed by atoms with Crippen LogP contribution in [-0.4, -0.2) is 16.4 Å². The first-order valence-electron chi connectivity index (χ1n) is 5.12. The van der Waals surface area contributed by atoms with E-state index in [1.165, 1.54) is 0 Å². The van der Waals surface area contributed by atoms with Gasteiger partial charge in [0.15, 0.2) is 0 Å². The third kappa shape index (κ3) is 2.71. The number of nitrogens with one attached hydrogen (secondary N) is 1. The summed E-state index contributed by atoms with van der Waals surface area (Å²) in [5, 5.41) is 2.89. The molecule has 88 valence electrons. The van der Waals surface area contributed by atoms with Gasteiger partial charge in [-0.05, 0) is 31.4 Å². The van der Waals surface area contributed by atoms with Gasteiger partial charge in [0.25, 0.3) is 0 Å². The van der Waals surface area contributed by atoms with E-state index < -0.39 is 5.54 Å². The highest BCUT2D eigenvalue weighted by Gasteiger charge is 2.46. The molecule has 0 aliphatic heterocycles. The molecular weight excluding hydrogens is 226 g/mol. The molecule has 4 nitrogen and oxygen atoms in total. The van der Waals surface area contributed by atoms with Gasteiger partial charge in [0.2, 0.25) is 5.91 Å². The van der Waals surface area contributed by atoms with E-state index in [1.807, 2.05) is 19.1 Å². The lowest BCUT2D eigenvalue weighted by molar-refractivity contribution is -0.123. The van der Waals surface area contributed by atoms with Gasteiger partial charge >= 0.3 is 0 Å². The number of amides is 1. The molecule has 5 heteroatoms. The summed E-state index contributed by atoms with van der Waals surface area (Å²) in [7, 11) is 0. The fourth-order valence-corrected chi connectivity index (χ4v) is 1.42. The Labute approximate surface area is 101 Å². The Kier molecular flexibility index (Phi) is 3.88. The zero-order valence-electron chi connectivity index (χ0n) is 9.14. The molecule has 16 heavy (non-hydrogen) atoms. The first-order valence-corrected chi connectivity index (χ1v) is 5.12. The maximum atomic E-state index is 11.7. The standard InChI is InChI=1S/C11H15N3O.ClH/c1-8(9-3-2-6-13-7-9)14-10(15)11(12)4-5-11;/h2-3,6-8H,4-5,12H2,1H3,(H,14,15);1H. The summed E-state index contributed by atoms with van der Waals surface area (Å²) in [6.07, 6.45) is 5.04. The fourth-order valence-electron chi connectivity index (χ4n) is 1.42. The Bertz CT molecular complexity index is 365. The smallest absolute Gasteiger partial charge is 0.240 e. The number of nitrogens with two attached hydrogens (primary N) is 1. The van der Waals surface area contributed by atoms with Gasteiger partial charge in [-0.2, -0.15) is 0 Å². The fraction of sp³-hybridized carbons (Fsp3) is 0.455. The predicted molar refractivity (Wildman–Crippen MR) is 64.2 cm³/mol. The Morgan fingerprint density at radius 1 is 1.62 bits per heavy atom. The van der Waals surface area contributed by atoms with Crippen molar-refractivity contribution in [2.45, 2.75) is 31.3 Å². The van der Waals surface area contributed by atoms with Crippen LogP contribution in [0.5, 0.6) is 0 Å². The van der Waals surface area contributed by atoms with Crippen molar-refractivity contribution in [2.75, 3.05) is 0 Å². The highest BCUT2D eigenvalue weighted by atomic mass is 35.5. The molecule has 1 saturated carbocycles. The molecule has 0 aromatic carbocycles. The van der Waals surface area contributed by atoms with Crippen molar-refractivity contribution in [2.24, 2.45) is 5.73 Å². The predicted octanol–water partition coefficient (Wildman–Crippen LogP) is 1.17. The van der Waals surface area contributed by atoms with Crippen molar-refractivity contribution < 1.29 is 4.79 Å². The minimum Gasteiger partial charge on any atom is -0.348 e. The molecular formula is C11H16ClN3O. The van der Waals surface area contributed by atoms with E-state index in [2.05, 4.69) is 10.3 Å². The highest BCUT2D eigenvalue weighted by Crippen LogP contribution is 2.32. The normalized spacial score (nSPS) is 18.1. The number of hydrogen-bond donors (Lipinski definition) is 2. The molecule has 1 fully saturated rings. The first kappa shape index (κ1) is 12.9. The highest BCUT2D eigenvalue weighted by molar-refractivity contribution is 5.89. The third-order valence-corrected chi connectivity index (χ3v) is 2.77. The molecule has 1 heterocycles. The molecule has 1 amide bonds. The van der Waals surface area contributed by atoms with E-state index in [0.717, 1.165) is 18.4 Å². The first-order chi connectivity index (χ1) is 7.12.